The molecule has 0 fully saturated rings. The maximum Gasteiger partial charge on any atom is 0.242 e. The molecule has 0 aliphatic rings. The number of ether oxygens (including phenoxy) is 1. The summed E-state index contributed by atoms with van der Waals surface area (Å²) in [5, 5.41) is 6.34. The molecule has 1 atom stereocenters. The molecule has 1 unspecified atom stereocenters. The minimum atomic E-state index is -0.348. The number of benzene rings is 1. The second-order valence-corrected chi connectivity index (χ2v) is 4.01. The fourth-order valence-electron chi connectivity index (χ4n) is 1.37. The van der Waals surface area contributed by atoms with Crippen molar-refractivity contribution in [2.24, 2.45) is 0 Å². The van der Waals surface area contributed by atoms with Gasteiger partial charge in [0, 0.05) is 12.6 Å². The van der Waals surface area contributed by atoms with Gasteiger partial charge in [-0.3, -0.25) is 4.79 Å². The molecule has 1 rings (SSSR count). The first-order valence-electron chi connectivity index (χ1n) is 5.46. The summed E-state index contributed by atoms with van der Waals surface area (Å²) in [6.07, 6.45) is 0. The standard InChI is InChI=1S/C12H17ClN2O2/c1-4-14-12(16)8(2)15-11-7-9(17-3)5-6-10(11)13/h5-8,15H,4H2,1-3H3,(H,14,16). The van der Waals surface area contributed by atoms with Crippen LogP contribution < -0.4 is 15.4 Å². The van der Waals surface area contributed by atoms with E-state index in [0.717, 1.165) is 0 Å². The number of carbonyl (C=O) groups excluding carboxylic acids is 1. The van der Waals surface area contributed by atoms with E-state index in [9.17, 15) is 4.79 Å². The van der Waals surface area contributed by atoms with Gasteiger partial charge in [-0.25, -0.2) is 0 Å². The Morgan fingerprint density at radius 1 is 1.53 bits per heavy atom. The molecule has 4 nitrogen and oxygen atoms in total. The van der Waals surface area contributed by atoms with Crippen molar-refractivity contribution in [3.8, 4) is 5.75 Å². The molecule has 0 aliphatic heterocycles. The highest BCUT2D eigenvalue weighted by Crippen LogP contribution is 2.27. The van der Waals surface area contributed by atoms with E-state index in [1.165, 1.54) is 0 Å². The van der Waals surface area contributed by atoms with Gasteiger partial charge >= 0.3 is 0 Å². The lowest BCUT2D eigenvalue weighted by atomic mass is 10.2. The van der Waals surface area contributed by atoms with Crippen LogP contribution in [0.1, 0.15) is 13.8 Å². The van der Waals surface area contributed by atoms with E-state index in [-0.39, 0.29) is 11.9 Å². The predicted molar refractivity (Wildman–Crippen MR) is 69.8 cm³/mol. The number of amides is 1. The average molecular weight is 257 g/mol. The first kappa shape index (κ1) is 13.6. The molecule has 0 spiro atoms. The van der Waals surface area contributed by atoms with Crippen LogP contribution in [-0.4, -0.2) is 25.6 Å². The highest BCUT2D eigenvalue weighted by atomic mass is 35.5. The van der Waals surface area contributed by atoms with E-state index in [1.807, 2.05) is 6.92 Å². The van der Waals surface area contributed by atoms with E-state index < -0.39 is 0 Å². The molecule has 0 radical (unpaired) electrons. The van der Waals surface area contributed by atoms with Gasteiger partial charge in [0.25, 0.3) is 0 Å². The predicted octanol–water partition coefficient (Wildman–Crippen LogP) is 2.29. The van der Waals surface area contributed by atoms with Crippen molar-refractivity contribution in [2.75, 3.05) is 19.0 Å². The molecule has 0 saturated carbocycles. The van der Waals surface area contributed by atoms with Gasteiger partial charge in [-0.2, -0.15) is 0 Å². The second kappa shape index (κ2) is 6.35. The normalized spacial score (nSPS) is 11.8. The third-order valence-corrected chi connectivity index (χ3v) is 2.62. The topological polar surface area (TPSA) is 50.4 Å². The molecule has 1 aromatic rings. The molecule has 1 aromatic carbocycles. The van der Waals surface area contributed by atoms with Crippen LogP contribution in [0.2, 0.25) is 5.02 Å². The van der Waals surface area contributed by atoms with Crippen molar-refractivity contribution in [3.05, 3.63) is 23.2 Å². The summed E-state index contributed by atoms with van der Waals surface area (Å²) in [5.41, 5.74) is 0.685. The number of rotatable bonds is 5. The van der Waals surface area contributed by atoms with E-state index in [2.05, 4.69) is 10.6 Å². The molecular weight excluding hydrogens is 240 g/mol. The Balaban J connectivity index is 2.76. The molecule has 2 N–H and O–H groups in total. The largest absolute Gasteiger partial charge is 0.497 e. The smallest absolute Gasteiger partial charge is 0.242 e. The molecule has 17 heavy (non-hydrogen) atoms. The van der Waals surface area contributed by atoms with E-state index in [1.54, 1.807) is 32.2 Å². The highest BCUT2D eigenvalue weighted by Gasteiger charge is 2.13. The Bertz CT molecular complexity index is 396. The molecule has 0 bridgehead atoms. The van der Waals surface area contributed by atoms with Gasteiger partial charge in [-0.15, -0.1) is 0 Å². The van der Waals surface area contributed by atoms with Gasteiger partial charge < -0.3 is 15.4 Å². The molecule has 0 saturated heterocycles. The first-order valence-corrected chi connectivity index (χ1v) is 5.84. The average Bonchev–Trinajstić information content (AvgIpc) is 2.32. The van der Waals surface area contributed by atoms with E-state index in [0.29, 0.717) is 23.0 Å². The zero-order valence-electron chi connectivity index (χ0n) is 10.2. The molecule has 5 heteroatoms. The Labute approximate surface area is 106 Å². The van der Waals surface area contributed by atoms with Crippen molar-refractivity contribution < 1.29 is 9.53 Å². The maximum atomic E-state index is 11.6. The zero-order valence-corrected chi connectivity index (χ0v) is 11.0. The van der Waals surface area contributed by atoms with Gasteiger partial charge in [0.15, 0.2) is 0 Å². The van der Waals surface area contributed by atoms with Gasteiger partial charge in [-0.1, -0.05) is 11.6 Å². The Morgan fingerprint density at radius 3 is 2.82 bits per heavy atom. The van der Waals surface area contributed by atoms with Crippen LogP contribution in [0.15, 0.2) is 18.2 Å². The molecule has 1 amide bonds. The summed E-state index contributed by atoms with van der Waals surface area (Å²) in [4.78, 5) is 11.6. The van der Waals surface area contributed by atoms with Crippen LogP contribution in [0.5, 0.6) is 5.75 Å². The third kappa shape index (κ3) is 3.82. The summed E-state index contributed by atoms with van der Waals surface area (Å²) in [6.45, 7) is 4.26. The van der Waals surface area contributed by atoms with Crippen molar-refractivity contribution in [3.63, 3.8) is 0 Å². The summed E-state index contributed by atoms with van der Waals surface area (Å²) >= 11 is 6.03. The minimum absolute atomic E-state index is 0.0635. The summed E-state index contributed by atoms with van der Waals surface area (Å²) in [5.74, 6) is 0.631. The summed E-state index contributed by atoms with van der Waals surface area (Å²) in [7, 11) is 1.58. The molecule has 0 heterocycles. The number of likely N-dealkylation sites (N-methyl/N-ethyl adjacent to an activating group) is 1. The number of carbonyl (C=O) groups is 1. The zero-order chi connectivity index (χ0) is 12.8. The molecular formula is C12H17ClN2O2. The molecule has 0 aromatic heterocycles. The van der Waals surface area contributed by atoms with Crippen LogP contribution in [0, 0.1) is 0 Å². The highest BCUT2D eigenvalue weighted by molar-refractivity contribution is 6.33. The number of nitrogens with one attached hydrogen (secondary N) is 2. The van der Waals surface area contributed by atoms with Gasteiger partial charge in [0.1, 0.15) is 11.8 Å². The Morgan fingerprint density at radius 2 is 2.24 bits per heavy atom. The first-order chi connectivity index (χ1) is 8.08. The number of methoxy groups -OCH3 is 1. The number of halogens is 1. The quantitative estimate of drug-likeness (QED) is 0.850. The van der Waals surface area contributed by atoms with Crippen LogP contribution >= 0.6 is 11.6 Å². The Kier molecular flexibility index (Phi) is 5.10. The van der Waals surface area contributed by atoms with Crippen molar-refractivity contribution in [2.45, 2.75) is 19.9 Å². The summed E-state index contributed by atoms with van der Waals surface area (Å²) in [6, 6.07) is 4.91. The van der Waals surface area contributed by atoms with Crippen LogP contribution in [0.4, 0.5) is 5.69 Å². The fraction of sp³-hybridized carbons (Fsp3) is 0.417. The SMILES string of the molecule is CCNC(=O)C(C)Nc1cc(OC)ccc1Cl. The Hall–Kier alpha value is -1.42. The van der Waals surface area contributed by atoms with E-state index >= 15 is 0 Å². The molecule has 94 valence electrons. The number of hydrogen-bond acceptors (Lipinski definition) is 3. The van der Waals surface area contributed by atoms with Crippen molar-refractivity contribution in [1.29, 1.82) is 0 Å². The lowest BCUT2D eigenvalue weighted by Crippen LogP contribution is -2.37. The van der Waals surface area contributed by atoms with Gasteiger partial charge in [0.2, 0.25) is 5.91 Å². The number of hydrogen-bond donors (Lipinski definition) is 2. The van der Waals surface area contributed by atoms with Crippen LogP contribution in [0.25, 0.3) is 0 Å². The lowest BCUT2D eigenvalue weighted by molar-refractivity contribution is -0.121. The lowest BCUT2D eigenvalue weighted by Gasteiger charge is -2.16. The monoisotopic (exact) mass is 256 g/mol. The fourth-order valence-corrected chi connectivity index (χ4v) is 1.54. The number of anilines is 1. The van der Waals surface area contributed by atoms with Crippen LogP contribution in [0.3, 0.4) is 0 Å². The maximum absolute atomic E-state index is 11.6. The summed E-state index contributed by atoms with van der Waals surface area (Å²) < 4.78 is 5.10. The third-order valence-electron chi connectivity index (χ3n) is 2.29. The van der Waals surface area contributed by atoms with Gasteiger partial charge in [0.05, 0.1) is 17.8 Å². The van der Waals surface area contributed by atoms with Gasteiger partial charge in [-0.05, 0) is 26.0 Å². The van der Waals surface area contributed by atoms with Crippen molar-refractivity contribution in [1.82, 2.24) is 5.32 Å². The van der Waals surface area contributed by atoms with E-state index in [4.69, 9.17) is 16.3 Å². The minimum Gasteiger partial charge on any atom is -0.497 e. The van der Waals surface area contributed by atoms with Crippen molar-refractivity contribution >= 4 is 23.2 Å². The van der Waals surface area contributed by atoms with Crippen LogP contribution in [-0.2, 0) is 4.79 Å². The molecule has 0 aliphatic carbocycles. The second-order valence-electron chi connectivity index (χ2n) is 3.61.